The van der Waals surface area contributed by atoms with E-state index in [2.05, 4.69) is 20.2 Å². The normalized spacial score (nSPS) is 17.9. The number of hydrogen-bond donors (Lipinski definition) is 2. The van der Waals surface area contributed by atoms with Crippen molar-refractivity contribution in [2.45, 2.75) is 51.2 Å². The van der Waals surface area contributed by atoms with Crippen molar-refractivity contribution in [3.63, 3.8) is 0 Å². The number of nitrogens with zero attached hydrogens (tertiary/aromatic N) is 3. The molecule has 0 radical (unpaired) electrons. The first kappa shape index (κ1) is 23.6. The molecule has 0 spiro atoms. The SMILES string of the molecule is Cc1c([C@@H](C)Nc2nc(=O)[nH]c3nc(C4CCC4)c(N4CCOCC4)cc23)cccc1C(F)(F)F. The van der Waals surface area contributed by atoms with Crippen molar-refractivity contribution in [1.29, 1.82) is 0 Å². The van der Waals surface area contributed by atoms with Gasteiger partial charge in [0.15, 0.2) is 0 Å². The van der Waals surface area contributed by atoms with Gasteiger partial charge in [-0.1, -0.05) is 18.6 Å². The summed E-state index contributed by atoms with van der Waals surface area (Å²) in [6.45, 7) is 5.96. The van der Waals surface area contributed by atoms with Gasteiger partial charge in [-0.15, -0.1) is 0 Å². The molecule has 1 aliphatic heterocycles. The fraction of sp³-hybridized carbons (Fsp3) is 0.480. The van der Waals surface area contributed by atoms with E-state index in [1.54, 1.807) is 13.0 Å². The van der Waals surface area contributed by atoms with Crippen molar-refractivity contribution >= 4 is 22.5 Å². The number of ether oxygens (including phenoxy) is 1. The maximum Gasteiger partial charge on any atom is 0.416 e. The highest BCUT2D eigenvalue weighted by Crippen LogP contribution is 2.42. The molecule has 2 aromatic heterocycles. The highest BCUT2D eigenvalue weighted by Gasteiger charge is 2.33. The predicted octanol–water partition coefficient (Wildman–Crippen LogP) is 4.92. The number of hydrogen-bond acceptors (Lipinski definition) is 6. The van der Waals surface area contributed by atoms with E-state index in [1.807, 2.05) is 6.07 Å². The first-order valence-electron chi connectivity index (χ1n) is 11.9. The zero-order chi connectivity index (χ0) is 24.7. The average molecular weight is 488 g/mol. The van der Waals surface area contributed by atoms with Crippen molar-refractivity contribution in [2.24, 2.45) is 0 Å². The smallest absolute Gasteiger partial charge is 0.378 e. The van der Waals surface area contributed by atoms with Gasteiger partial charge < -0.3 is 15.0 Å². The van der Waals surface area contributed by atoms with Gasteiger partial charge in [-0.3, -0.25) is 4.98 Å². The Bertz CT molecular complexity index is 1300. The summed E-state index contributed by atoms with van der Waals surface area (Å²) >= 11 is 0. The number of aromatic nitrogens is 3. The Balaban J connectivity index is 1.57. The van der Waals surface area contributed by atoms with Gasteiger partial charge in [0.05, 0.1) is 41.6 Å². The van der Waals surface area contributed by atoms with E-state index in [1.165, 1.54) is 13.0 Å². The molecule has 2 N–H and O–H groups in total. The van der Waals surface area contributed by atoms with Crippen LogP contribution in [0.1, 0.15) is 60.5 Å². The van der Waals surface area contributed by atoms with Gasteiger partial charge in [-0.05, 0) is 49.9 Å². The number of H-pyrrole nitrogens is 1. The van der Waals surface area contributed by atoms with Crippen LogP contribution in [0.15, 0.2) is 29.1 Å². The summed E-state index contributed by atoms with van der Waals surface area (Å²) in [6, 6.07) is 5.61. The number of fused-ring (bicyclic) bond motifs is 1. The minimum absolute atomic E-state index is 0.147. The van der Waals surface area contributed by atoms with Crippen LogP contribution in [-0.4, -0.2) is 41.3 Å². The minimum atomic E-state index is -4.44. The number of aromatic amines is 1. The van der Waals surface area contributed by atoms with Gasteiger partial charge in [-0.2, -0.15) is 18.2 Å². The fourth-order valence-corrected chi connectivity index (χ4v) is 4.95. The molecule has 35 heavy (non-hydrogen) atoms. The van der Waals surface area contributed by atoms with Crippen LogP contribution in [0.3, 0.4) is 0 Å². The molecule has 2 aliphatic rings. The van der Waals surface area contributed by atoms with E-state index in [0.29, 0.717) is 41.5 Å². The summed E-state index contributed by atoms with van der Waals surface area (Å²) < 4.78 is 45.8. The molecule has 1 saturated heterocycles. The molecule has 3 aromatic rings. The molecule has 0 unspecified atom stereocenters. The molecule has 5 rings (SSSR count). The number of benzene rings is 1. The van der Waals surface area contributed by atoms with E-state index in [-0.39, 0.29) is 5.56 Å². The lowest BCUT2D eigenvalue weighted by atomic mass is 9.81. The maximum absolute atomic E-state index is 13.4. The Hall–Kier alpha value is -3.14. The first-order valence-corrected chi connectivity index (χ1v) is 11.9. The molecule has 0 amide bonds. The monoisotopic (exact) mass is 487 g/mol. The largest absolute Gasteiger partial charge is 0.416 e. The summed E-state index contributed by atoms with van der Waals surface area (Å²) in [4.78, 5) is 26.4. The van der Waals surface area contributed by atoms with Gasteiger partial charge in [0.1, 0.15) is 11.5 Å². The van der Waals surface area contributed by atoms with E-state index in [4.69, 9.17) is 9.72 Å². The van der Waals surface area contributed by atoms with Gasteiger partial charge in [0.25, 0.3) is 0 Å². The first-order chi connectivity index (χ1) is 16.7. The predicted molar refractivity (Wildman–Crippen MR) is 128 cm³/mol. The lowest BCUT2D eigenvalue weighted by molar-refractivity contribution is -0.138. The highest BCUT2D eigenvalue weighted by molar-refractivity contribution is 5.90. The second-order valence-electron chi connectivity index (χ2n) is 9.29. The Morgan fingerprint density at radius 2 is 1.94 bits per heavy atom. The van der Waals surface area contributed by atoms with E-state index < -0.39 is 23.5 Å². The molecule has 1 saturated carbocycles. The van der Waals surface area contributed by atoms with Crippen molar-refractivity contribution in [3.05, 3.63) is 57.1 Å². The Morgan fingerprint density at radius 1 is 1.20 bits per heavy atom. The van der Waals surface area contributed by atoms with Gasteiger partial charge in [0, 0.05) is 19.0 Å². The second kappa shape index (κ2) is 9.14. The lowest BCUT2D eigenvalue weighted by Gasteiger charge is -2.34. The van der Waals surface area contributed by atoms with Crippen LogP contribution in [0, 0.1) is 6.92 Å². The minimum Gasteiger partial charge on any atom is -0.378 e. The van der Waals surface area contributed by atoms with Crippen LogP contribution in [0.2, 0.25) is 0 Å². The second-order valence-corrected chi connectivity index (χ2v) is 9.29. The summed E-state index contributed by atoms with van der Waals surface area (Å²) in [5.74, 6) is 0.646. The van der Waals surface area contributed by atoms with Crippen molar-refractivity contribution in [3.8, 4) is 0 Å². The third kappa shape index (κ3) is 4.59. The number of alkyl halides is 3. The molecule has 1 aromatic carbocycles. The van der Waals surface area contributed by atoms with Crippen LogP contribution in [0.4, 0.5) is 24.7 Å². The lowest BCUT2D eigenvalue weighted by Crippen LogP contribution is -2.37. The van der Waals surface area contributed by atoms with Crippen molar-refractivity contribution in [2.75, 3.05) is 36.5 Å². The van der Waals surface area contributed by atoms with Gasteiger partial charge >= 0.3 is 11.9 Å². The summed E-state index contributed by atoms with van der Waals surface area (Å²) in [6.07, 6.45) is -1.17. The van der Waals surface area contributed by atoms with Crippen LogP contribution in [0.25, 0.3) is 11.0 Å². The third-order valence-electron chi connectivity index (χ3n) is 7.07. The molecule has 0 bridgehead atoms. The molecular weight excluding hydrogens is 459 g/mol. The number of anilines is 2. The third-order valence-corrected chi connectivity index (χ3v) is 7.07. The zero-order valence-corrected chi connectivity index (χ0v) is 19.7. The zero-order valence-electron chi connectivity index (χ0n) is 19.7. The van der Waals surface area contributed by atoms with Crippen LogP contribution >= 0.6 is 0 Å². The maximum atomic E-state index is 13.4. The molecule has 186 valence electrons. The Morgan fingerprint density at radius 3 is 2.60 bits per heavy atom. The molecule has 7 nitrogen and oxygen atoms in total. The van der Waals surface area contributed by atoms with E-state index in [9.17, 15) is 18.0 Å². The van der Waals surface area contributed by atoms with Crippen LogP contribution in [0.5, 0.6) is 0 Å². The number of morpholine rings is 1. The number of nitrogens with one attached hydrogen (secondary N) is 2. The number of halogens is 3. The van der Waals surface area contributed by atoms with Gasteiger partial charge in [0.2, 0.25) is 0 Å². The van der Waals surface area contributed by atoms with Gasteiger partial charge in [-0.25, -0.2) is 9.78 Å². The molecule has 1 aliphatic carbocycles. The molecule has 10 heteroatoms. The quantitative estimate of drug-likeness (QED) is 0.532. The summed E-state index contributed by atoms with van der Waals surface area (Å²) in [5, 5.41) is 3.82. The van der Waals surface area contributed by atoms with E-state index >= 15 is 0 Å². The summed E-state index contributed by atoms with van der Waals surface area (Å²) in [5.41, 5.74) is 1.81. The average Bonchev–Trinajstić information content (AvgIpc) is 2.77. The Kier molecular flexibility index (Phi) is 6.16. The standard InChI is InChI=1S/C25H28F3N5O2/c1-14-17(7-4-8-19(14)25(26,27)28)15(2)29-22-18-13-20(33-9-11-35-12-10-33)21(16-5-3-6-16)30-23(18)32-24(34)31-22/h4,7-8,13,15-16H,3,5-6,9-12H2,1-2H3,(H2,29,30,31,32,34)/t15-/m1/s1. The van der Waals surface area contributed by atoms with Crippen LogP contribution in [-0.2, 0) is 10.9 Å². The molecule has 2 fully saturated rings. The fourth-order valence-electron chi connectivity index (χ4n) is 4.95. The highest BCUT2D eigenvalue weighted by atomic mass is 19.4. The molecular formula is C25H28F3N5O2. The molecule has 1 atom stereocenters. The number of rotatable bonds is 5. The summed E-state index contributed by atoms with van der Waals surface area (Å²) in [7, 11) is 0. The topological polar surface area (TPSA) is 83.1 Å². The van der Waals surface area contributed by atoms with Crippen molar-refractivity contribution in [1.82, 2.24) is 15.0 Å². The van der Waals surface area contributed by atoms with Crippen molar-refractivity contribution < 1.29 is 17.9 Å². The Labute approximate surface area is 200 Å². The molecule has 3 heterocycles. The number of pyridine rings is 1. The van der Waals surface area contributed by atoms with Crippen LogP contribution < -0.4 is 15.9 Å². The van der Waals surface area contributed by atoms with E-state index in [0.717, 1.165) is 49.8 Å².